The molecular weight excluding hydrogens is 290 g/mol. The van der Waals surface area contributed by atoms with E-state index in [0.29, 0.717) is 23.1 Å². The van der Waals surface area contributed by atoms with E-state index in [1.54, 1.807) is 4.68 Å². The van der Waals surface area contributed by atoms with Gasteiger partial charge in [-0.3, -0.25) is 0 Å². The van der Waals surface area contributed by atoms with Gasteiger partial charge in [0.05, 0.1) is 5.69 Å². The van der Waals surface area contributed by atoms with E-state index in [2.05, 4.69) is 21.1 Å². The van der Waals surface area contributed by atoms with Crippen molar-refractivity contribution < 1.29 is 4.74 Å². The van der Waals surface area contributed by atoms with E-state index in [0.717, 1.165) is 22.5 Å². The van der Waals surface area contributed by atoms with E-state index < -0.39 is 0 Å². The third kappa shape index (κ3) is 3.01. The Balaban J connectivity index is 2.01. The van der Waals surface area contributed by atoms with Crippen LogP contribution in [0.2, 0.25) is 0 Å². The first-order chi connectivity index (χ1) is 10.9. The summed E-state index contributed by atoms with van der Waals surface area (Å²) >= 11 is 0. The molecule has 6 heteroatoms. The number of aromatic nitrogens is 4. The summed E-state index contributed by atoms with van der Waals surface area (Å²) in [6.45, 7) is 7.91. The topological polar surface area (TPSA) is 78.9 Å². The third-order valence-electron chi connectivity index (χ3n) is 3.45. The van der Waals surface area contributed by atoms with Crippen molar-refractivity contribution in [2.45, 2.75) is 27.7 Å². The molecule has 0 spiro atoms. The fourth-order valence-electron chi connectivity index (χ4n) is 2.57. The smallest absolute Gasteiger partial charge is 0.248 e. The summed E-state index contributed by atoms with van der Waals surface area (Å²) in [6.07, 6.45) is 1.43. The van der Waals surface area contributed by atoms with Crippen LogP contribution in [0.25, 0.3) is 5.82 Å². The van der Waals surface area contributed by atoms with Crippen molar-refractivity contribution in [3.8, 4) is 17.4 Å². The fourth-order valence-corrected chi connectivity index (χ4v) is 2.57. The summed E-state index contributed by atoms with van der Waals surface area (Å²) in [5, 5.41) is 4.41. The summed E-state index contributed by atoms with van der Waals surface area (Å²) in [6, 6.07) is 7.93. The Morgan fingerprint density at radius 3 is 2.26 bits per heavy atom. The molecule has 0 unspecified atom stereocenters. The minimum atomic E-state index is 0.326. The Morgan fingerprint density at radius 2 is 1.65 bits per heavy atom. The van der Waals surface area contributed by atoms with Crippen LogP contribution in [0.5, 0.6) is 11.6 Å². The van der Waals surface area contributed by atoms with Crippen molar-refractivity contribution in [2.24, 2.45) is 0 Å². The minimum absolute atomic E-state index is 0.326. The van der Waals surface area contributed by atoms with Gasteiger partial charge in [0.25, 0.3) is 0 Å². The Bertz CT molecular complexity index is 849. The molecule has 0 fully saturated rings. The predicted molar refractivity (Wildman–Crippen MR) is 89.0 cm³/mol. The Hall–Kier alpha value is -2.89. The van der Waals surface area contributed by atoms with Crippen LogP contribution >= 0.6 is 0 Å². The highest BCUT2D eigenvalue weighted by Gasteiger charge is 2.15. The molecule has 0 amide bonds. The van der Waals surface area contributed by atoms with Crippen molar-refractivity contribution in [1.29, 1.82) is 0 Å². The van der Waals surface area contributed by atoms with Crippen LogP contribution in [0.15, 0.2) is 30.6 Å². The lowest BCUT2D eigenvalue weighted by Crippen LogP contribution is -2.08. The molecule has 0 atom stereocenters. The highest BCUT2D eigenvalue weighted by molar-refractivity contribution is 5.60. The molecule has 23 heavy (non-hydrogen) atoms. The van der Waals surface area contributed by atoms with E-state index in [-0.39, 0.29) is 0 Å². The Labute approximate surface area is 135 Å². The van der Waals surface area contributed by atoms with Crippen molar-refractivity contribution in [3.05, 3.63) is 53.1 Å². The zero-order valence-corrected chi connectivity index (χ0v) is 13.7. The summed E-state index contributed by atoms with van der Waals surface area (Å²) < 4.78 is 7.56. The van der Waals surface area contributed by atoms with E-state index in [1.807, 2.05) is 45.9 Å². The molecule has 0 aliphatic carbocycles. The van der Waals surface area contributed by atoms with Gasteiger partial charge in [-0.1, -0.05) is 6.07 Å². The number of rotatable bonds is 3. The minimum Gasteiger partial charge on any atom is -0.437 e. The molecule has 0 saturated heterocycles. The van der Waals surface area contributed by atoms with Crippen LogP contribution in [0.1, 0.15) is 22.5 Å². The highest BCUT2D eigenvalue weighted by atomic mass is 16.5. The molecule has 118 valence electrons. The molecule has 2 N–H and O–H groups in total. The zero-order chi connectivity index (χ0) is 16.6. The van der Waals surface area contributed by atoms with Gasteiger partial charge in [-0.15, -0.1) is 0 Å². The third-order valence-corrected chi connectivity index (χ3v) is 3.45. The molecular formula is C17H19N5O. The zero-order valence-electron chi connectivity index (χ0n) is 13.7. The number of nitrogens with zero attached hydrogens (tertiary/aromatic N) is 4. The monoisotopic (exact) mass is 309 g/mol. The quantitative estimate of drug-likeness (QED) is 0.803. The van der Waals surface area contributed by atoms with Crippen LogP contribution in [-0.4, -0.2) is 19.7 Å². The maximum atomic E-state index is 6.21. The lowest BCUT2D eigenvalue weighted by molar-refractivity contribution is 0.462. The Morgan fingerprint density at radius 1 is 0.957 bits per heavy atom. The predicted octanol–water partition coefficient (Wildman–Crippen LogP) is 3.27. The maximum absolute atomic E-state index is 6.21. The van der Waals surface area contributed by atoms with Gasteiger partial charge < -0.3 is 10.5 Å². The average molecular weight is 309 g/mol. The normalized spacial score (nSPS) is 10.8. The van der Waals surface area contributed by atoms with Gasteiger partial charge in [0.2, 0.25) is 5.88 Å². The van der Waals surface area contributed by atoms with Gasteiger partial charge in [-0.05, 0) is 57.0 Å². The molecule has 3 rings (SSSR count). The molecule has 0 saturated carbocycles. The molecule has 0 bridgehead atoms. The van der Waals surface area contributed by atoms with E-state index in [4.69, 9.17) is 10.5 Å². The van der Waals surface area contributed by atoms with Crippen LogP contribution in [0.3, 0.4) is 0 Å². The van der Waals surface area contributed by atoms with E-state index in [1.165, 1.54) is 6.33 Å². The number of anilines is 1. The first-order valence-electron chi connectivity index (χ1n) is 7.34. The number of hydrogen-bond acceptors (Lipinski definition) is 5. The molecule has 0 aliphatic rings. The lowest BCUT2D eigenvalue weighted by atomic mass is 10.1. The standard InChI is InChI=1S/C17H19N5O/c1-10-5-11(2)7-14(6-10)23-17-15(18)16(19-9-20-17)22-13(4)8-12(3)21-22/h5-9H,18H2,1-4H3. The Kier molecular flexibility index (Phi) is 3.73. The lowest BCUT2D eigenvalue weighted by Gasteiger charge is -2.12. The first kappa shape index (κ1) is 15.0. The van der Waals surface area contributed by atoms with Crippen LogP contribution in [-0.2, 0) is 0 Å². The molecule has 3 aromatic rings. The molecule has 1 aromatic carbocycles. The van der Waals surface area contributed by atoms with Crippen LogP contribution < -0.4 is 10.5 Å². The van der Waals surface area contributed by atoms with Crippen LogP contribution in [0, 0.1) is 27.7 Å². The van der Waals surface area contributed by atoms with E-state index in [9.17, 15) is 0 Å². The average Bonchev–Trinajstić information content (AvgIpc) is 2.79. The van der Waals surface area contributed by atoms with Gasteiger partial charge in [0, 0.05) is 5.69 Å². The molecule has 2 aromatic heterocycles. The molecule has 0 aliphatic heterocycles. The second-order valence-electron chi connectivity index (χ2n) is 5.68. The van der Waals surface area contributed by atoms with Gasteiger partial charge in [-0.25, -0.2) is 9.67 Å². The van der Waals surface area contributed by atoms with Gasteiger partial charge in [0.15, 0.2) is 5.82 Å². The second kappa shape index (κ2) is 5.72. The van der Waals surface area contributed by atoms with Gasteiger partial charge in [-0.2, -0.15) is 10.1 Å². The summed E-state index contributed by atoms with van der Waals surface area (Å²) in [5.74, 6) is 1.55. The van der Waals surface area contributed by atoms with Crippen molar-refractivity contribution in [2.75, 3.05) is 5.73 Å². The second-order valence-corrected chi connectivity index (χ2v) is 5.68. The maximum Gasteiger partial charge on any atom is 0.248 e. The number of benzene rings is 1. The van der Waals surface area contributed by atoms with E-state index >= 15 is 0 Å². The number of hydrogen-bond donors (Lipinski definition) is 1. The molecule has 6 nitrogen and oxygen atoms in total. The number of nitrogen functional groups attached to an aromatic ring is 1. The fraction of sp³-hybridized carbons (Fsp3) is 0.235. The summed E-state index contributed by atoms with van der Waals surface area (Å²) in [7, 11) is 0. The highest BCUT2D eigenvalue weighted by Crippen LogP contribution is 2.29. The van der Waals surface area contributed by atoms with Gasteiger partial charge in [0.1, 0.15) is 17.8 Å². The summed E-state index contributed by atoms with van der Waals surface area (Å²) in [5.41, 5.74) is 10.6. The van der Waals surface area contributed by atoms with Crippen molar-refractivity contribution >= 4 is 5.69 Å². The SMILES string of the molecule is Cc1cc(C)cc(Oc2ncnc(-n3nc(C)cc3C)c2N)c1. The molecule has 0 radical (unpaired) electrons. The molecule has 2 heterocycles. The van der Waals surface area contributed by atoms with Gasteiger partial charge >= 0.3 is 0 Å². The first-order valence-corrected chi connectivity index (χ1v) is 7.34. The number of aryl methyl sites for hydroxylation is 4. The summed E-state index contributed by atoms with van der Waals surface area (Å²) in [4.78, 5) is 8.40. The number of ether oxygens (including phenoxy) is 1. The largest absolute Gasteiger partial charge is 0.437 e. The van der Waals surface area contributed by atoms with Crippen LogP contribution in [0.4, 0.5) is 5.69 Å². The number of nitrogens with two attached hydrogens (primary N) is 1. The van der Waals surface area contributed by atoms with Crippen molar-refractivity contribution in [1.82, 2.24) is 19.7 Å². The van der Waals surface area contributed by atoms with Crippen molar-refractivity contribution in [3.63, 3.8) is 0 Å².